The summed E-state index contributed by atoms with van der Waals surface area (Å²) in [6.45, 7) is 7.79. The van der Waals surface area contributed by atoms with E-state index in [0.29, 0.717) is 6.04 Å². The van der Waals surface area contributed by atoms with Crippen LogP contribution in [-0.2, 0) is 4.79 Å². The van der Waals surface area contributed by atoms with E-state index in [1.807, 2.05) is 62.8 Å². The van der Waals surface area contributed by atoms with Crippen LogP contribution in [0.3, 0.4) is 0 Å². The van der Waals surface area contributed by atoms with Crippen molar-refractivity contribution in [2.45, 2.75) is 45.7 Å². The van der Waals surface area contributed by atoms with Gasteiger partial charge in [0.25, 0.3) is 0 Å². The third-order valence-electron chi connectivity index (χ3n) is 5.33. The lowest BCUT2D eigenvalue weighted by Crippen LogP contribution is -2.51. The Morgan fingerprint density at radius 1 is 1.26 bits per heavy atom. The third-order valence-corrected chi connectivity index (χ3v) is 5.33. The van der Waals surface area contributed by atoms with Crippen LogP contribution in [0.25, 0.3) is 5.69 Å². The summed E-state index contributed by atoms with van der Waals surface area (Å²) in [5, 5.41) is 11.1. The number of carbonyl (C=O) groups is 1. The second kappa shape index (κ2) is 9.35. The normalized spacial score (nSPS) is 18.6. The number of benzene rings is 1. The van der Waals surface area contributed by atoms with Crippen molar-refractivity contribution in [1.82, 2.24) is 20.0 Å². The number of anilines is 1. The van der Waals surface area contributed by atoms with E-state index in [4.69, 9.17) is 0 Å². The van der Waals surface area contributed by atoms with Crippen molar-refractivity contribution >= 4 is 24.0 Å². The van der Waals surface area contributed by atoms with E-state index in [1.54, 1.807) is 0 Å². The van der Waals surface area contributed by atoms with Crippen LogP contribution in [0.4, 0.5) is 5.69 Å². The van der Waals surface area contributed by atoms with Gasteiger partial charge in [0.1, 0.15) is 0 Å². The minimum atomic E-state index is -0.162. The molecule has 0 saturated carbocycles. The second-order valence-corrected chi connectivity index (χ2v) is 7.08. The van der Waals surface area contributed by atoms with Crippen LogP contribution in [0.15, 0.2) is 30.3 Å². The van der Waals surface area contributed by atoms with Crippen molar-refractivity contribution in [2.24, 2.45) is 0 Å². The minimum absolute atomic E-state index is 0. The lowest BCUT2D eigenvalue weighted by atomic mass is 10.0. The minimum Gasteiger partial charge on any atom is -0.322 e. The number of rotatable bonds is 5. The molecular formula is C20H30ClN5O. The van der Waals surface area contributed by atoms with E-state index in [1.165, 1.54) is 6.42 Å². The molecule has 27 heavy (non-hydrogen) atoms. The number of halogens is 1. The molecule has 2 heterocycles. The summed E-state index contributed by atoms with van der Waals surface area (Å²) >= 11 is 0. The summed E-state index contributed by atoms with van der Waals surface area (Å²) in [5.41, 5.74) is 3.59. The number of nitrogens with zero attached hydrogens (tertiary/aromatic N) is 3. The maximum absolute atomic E-state index is 12.8. The molecule has 6 nitrogen and oxygen atoms in total. The van der Waals surface area contributed by atoms with Crippen LogP contribution in [0.5, 0.6) is 0 Å². The largest absolute Gasteiger partial charge is 0.322 e. The summed E-state index contributed by atoms with van der Waals surface area (Å²) in [6.07, 6.45) is 2.29. The Kier molecular flexibility index (Phi) is 7.41. The summed E-state index contributed by atoms with van der Waals surface area (Å²) in [7, 11) is 1.99. The first-order valence-corrected chi connectivity index (χ1v) is 9.35. The predicted molar refractivity (Wildman–Crippen MR) is 112 cm³/mol. The van der Waals surface area contributed by atoms with Gasteiger partial charge in [-0.3, -0.25) is 9.69 Å². The Morgan fingerprint density at radius 3 is 2.63 bits per heavy atom. The van der Waals surface area contributed by atoms with E-state index in [-0.39, 0.29) is 24.4 Å². The SMILES string of the molecule is CNC1CCCN(C(C)C(=O)Nc2c(C)nn(-c3ccccc3)c2C)C1.Cl. The Bertz CT molecular complexity index is 761. The molecule has 2 N–H and O–H groups in total. The van der Waals surface area contributed by atoms with Gasteiger partial charge in [-0.05, 0) is 59.3 Å². The summed E-state index contributed by atoms with van der Waals surface area (Å²) in [5.74, 6) is 0.0283. The number of carbonyl (C=O) groups excluding carboxylic acids is 1. The zero-order valence-corrected chi connectivity index (χ0v) is 17.3. The van der Waals surface area contributed by atoms with E-state index in [9.17, 15) is 4.79 Å². The first-order valence-electron chi connectivity index (χ1n) is 9.35. The number of aromatic nitrogens is 2. The van der Waals surface area contributed by atoms with Gasteiger partial charge in [-0.2, -0.15) is 5.10 Å². The highest BCUT2D eigenvalue weighted by Gasteiger charge is 2.27. The lowest BCUT2D eigenvalue weighted by Gasteiger charge is -2.35. The highest BCUT2D eigenvalue weighted by Crippen LogP contribution is 2.23. The van der Waals surface area contributed by atoms with Crippen LogP contribution in [0, 0.1) is 13.8 Å². The molecular weight excluding hydrogens is 362 g/mol. The van der Waals surface area contributed by atoms with Crippen molar-refractivity contribution in [3.8, 4) is 5.69 Å². The summed E-state index contributed by atoms with van der Waals surface area (Å²) in [6, 6.07) is 10.3. The zero-order chi connectivity index (χ0) is 18.7. The van der Waals surface area contributed by atoms with Gasteiger partial charge in [-0.15, -0.1) is 12.4 Å². The summed E-state index contributed by atoms with van der Waals surface area (Å²) in [4.78, 5) is 15.1. The van der Waals surface area contributed by atoms with E-state index in [0.717, 1.165) is 42.3 Å². The number of para-hydroxylation sites is 1. The van der Waals surface area contributed by atoms with Gasteiger partial charge in [0.2, 0.25) is 5.91 Å². The molecule has 2 aromatic rings. The number of aryl methyl sites for hydroxylation is 1. The first kappa shape index (κ1) is 21.4. The van der Waals surface area contributed by atoms with Crippen molar-refractivity contribution in [3.63, 3.8) is 0 Å². The number of hydrogen-bond acceptors (Lipinski definition) is 4. The second-order valence-electron chi connectivity index (χ2n) is 7.08. The molecule has 2 unspecified atom stereocenters. The van der Waals surface area contributed by atoms with Gasteiger partial charge in [-0.1, -0.05) is 18.2 Å². The standard InChI is InChI=1S/C20H29N5O.ClH/c1-14-19(15(2)25(23-14)18-10-6-5-7-11-18)22-20(26)16(3)24-12-8-9-17(13-24)21-4;/h5-7,10-11,16-17,21H,8-9,12-13H2,1-4H3,(H,22,26);1H. The van der Waals surface area contributed by atoms with Gasteiger partial charge in [0.15, 0.2) is 0 Å². The number of likely N-dealkylation sites (tertiary alicyclic amines) is 1. The third kappa shape index (κ3) is 4.69. The summed E-state index contributed by atoms with van der Waals surface area (Å²) < 4.78 is 1.88. The molecule has 3 rings (SSSR count). The topological polar surface area (TPSA) is 62.2 Å². The molecule has 1 aliphatic rings. The number of piperidine rings is 1. The van der Waals surface area contributed by atoms with Crippen LogP contribution in [-0.4, -0.2) is 52.8 Å². The Balaban J connectivity index is 0.00000261. The quantitative estimate of drug-likeness (QED) is 0.822. The number of amides is 1. The molecule has 1 aromatic heterocycles. The lowest BCUT2D eigenvalue weighted by molar-refractivity contribution is -0.121. The van der Waals surface area contributed by atoms with Crippen LogP contribution >= 0.6 is 12.4 Å². The first-order chi connectivity index (χ1) is 12.5. The average molecular weight is 392 g/mol. The van der Waals surface area contributed by atoms with E-state index >= 15 is 0 Å². The van der Waals surface area contributed by atoms with E-state index in [2.05, 4.69) is 20.6 Å². The molecule has 7 heteroatoms. The Labute approximate surface area is 167 Å². The van der Waals surface area contributed by atoms with Crippen LogP contribution in [0.2, 0.25) is 0 Å². The molecule has 1 amide bonds. The number of hydrogen-bond donors (Lipinski definition) is 2. The molecule has 0 radical (unpaired) electrons. The van der Waals surface area contributed by atoms with Gasteiger partial charge >= 0.3 is 0 Å². The van der Waals surface area contributed by atoms with Crippen molar-refractivity contribution < 1.29 is 4.79 Å². The molecule has 1 aromatic carbocycles. The fourth-order valence-corrected chi connectivity index (χ4v) is 3.63. The van der Waals surface area contributed by atoms with Gasteiger partial charge in [-0.25, -0.2) is 4.68 Å². The molecule has 0 aliphatic carbocycles. The Hall–Kier alpha value is -1.89. The number of nitrogens with one attached hydrogen (secondary N) is 2. The van der Waals surface area contributed by atoms with Crippen molar-refractivity contribution in [1.29, 1.82) is 0 Å². The zero-order valence-electron chi connectivity index (χ0n) is 16.5. The highest BCUT2D eigenvalue weighted by molar-refractivity contribution is 5.95. The molecule has 2 atom stereocenters. The Morgan fingerprint density at radius 2 is 1.96 bits per heavy atom. The predicted octanol–water partition coefficient (Wildman–Crippen LogP) is 2.92. The molecule has 1 saturated heterocycles. The fraction of sp³-hybridized carbons (Fsp3) is 0.500. The molecule has 1 fully saturated rings. The van der Waals surface area contributed by atoms with Crippen LogP contribution in [0.1, 0.15) is 31.2 Å². The number of likely N-dealkylation sites (N-methyl/N-ethyl adjacent to an activating group) is 1. The van der Waals surface area contributed by atoms with Crippen molar-refractivity contribution in [3.05, 3.63) is 41.7 Å². The molecule has 0 bridgehead atoms. The molecule has 148 valence electrons. The van der Waals surface area contributed by atoms with Gasteiger partial charge in [0.05, 0.1) is 28.8 Å². The molecule has 1 aliphatic heterocycles. The fourth-order valence-electron chi connectivity index (χ4n) is 3.63. The van der Waals surface area contributed by atoms with Gasteiger partial charge < -0.3 is 10.6 Å². The van der Waals surface area contributed by atoms with Crippen LogP contribution < -0.4 is 10.6 Å². The maximum Gasteiger partial charge on any atom is 0.241 e. The smallest absolute Gasteiger partial charge is 0.241 e. The van der Waals surface area contributed by atoms with Crippen molar-refractivity contribution in [2.75, 3.05) is 25.5 Å². The monoisotopic (exact) mass is 391 g/mol. The average Bonchev–Trinajstić information content (AvgIpc) is 2.96. The van der Waals surface area contributed by atoms with Gasteiger partial charge in [0, 0.05) is 12.6 Å². The van der Waals surface area contributed by atoms with E-state index < -0.39 is 0 Å². The highest BCUT2D eigenvalue weighted by atomic mass is 35.5. The maximum atomic E-state index is 12.8. The molecule has 0 spiro atoms.